The Balaban J connectivity index is 1.77. The lowest BCUT2D eigenvalue weighted by atomic mass is 9.96. The van der Waals surface area contributed by atoms with Gasteiger partial charge in [0.25, 0.3) is 5.91 Å². The van der Waals surface area contributed by atoms with Crippen LogP contribution in [-0.2, 0) is 0 Å². The summed E-state index contributed by atoms with van der Waals surface area (Å²) in [6, 6.07) is 13.5. The fourth-order valence-corrected chi connectivity index (χ4v) is 3.55. The number of aryl methyl sites for hydroxylation is 1. The van der Waals surface area contributed by atoms with Gasteiger partial charge in [0, 0.05) is 40.5 Å². The number of hydrogen-bond acceptors (Lipinski definition) is 4. The highest BCUT2D eigenvalue weighted by atomic mass is 35.5. The number of benzene rings is 3. The third kappa shape index (κ3) is 6.24. The second-order valence-corrected chi connectivity index (χ2v) is 8.13. The molecular weight excluding hydrogens is 484 g/mol. The van der Waals surface area contributed by atoms with Crippen LogP contribution in [0.2, 0.25) is 10.0 Å². The number of halogens is 3. The van der Waals surface area contributed by atoms with E-state index >= 15 is 0 Å². The van der Waals surface area contributed by atoms with Crippen molar-refractivity contribution in [3.8, 4) is 0 Å². The Morgan fingerprint density at radius 1 is 0.912 bits per heavy atom. The van der Waals surface area contributed by atoms with E-state index in [-0.39, 0.29) is 45.7 Å². The number of carbonyl (C=O) groups is 3. The van der Waals surface area contributed by atoms with Crippen LogP contribution in [0.15, 0.2) is 54.6 Å². The normalized spacial score (nSPS) is 10.5. The zero-order valence-electron chi connectivity index (χ0n) is 17.9. The summed E-state index contributed by atoms with van der Waals surface area (Å²) in [5.74, 6) is -1.36. The van der Waals surface area contributed by atoms with E-state index in [0.29, 0.717) is 16.8 Å². The van der Waals surface area contributed by atoms with Crippen molar-refractivity contribution in [3.05, 3.63) is 92.7 Å². The summed E-state index contributed by atoms with van der Waals surface area (Å²) in [4.78, 5) is 36.0. The lowest BCUT2D eigenvalue weighted by Crippen LogP contribution is -2.34. The molecule has 0 fully saturated rings. The zero-order valence-corrected chi connectivity index (χ0v) is 19.4. The molecular formula is C24H20Cl2FN3O4. The Morgan fingerprint density at radius 3 is 2.32 bits per heavy atom. The van der Waals surface area contributed by atoms with Crippen LogP contribution in [0.25, 0.3) is 0 Å². The van der Waals surface area contributed by atoms with Gasteiger partial charge in [0.05, 0.1) is 10.7 Å². The molecule has 2 amide bonds. The van der Waals surface area contributed by atoms with E-state index in [1.165, 1.54) is 30.3 Å². The Hall–Kier alpha value is -3.62. The Labute approximate surface area is 204 Å². The molecule has 0 atom stereocenters. The third-order valence-electron chi connectivity index (χ3n) is 4.86. The molecule has 0 saturated carbocycles. The van der Waals surface area contributed by atoms with Gasteiger partial charge in [-0.1, -0.05) is 29.3 Å². The molecule has 0 unspecified atom stereocenters. The monoisotopic (exact) mass is 503 g/mol. The standard InChI is InChI=1S/C24H20Cl2FN3O4/c1-13-2-3-14(23(32)28-8-9-29-24(33)34)10-18(13)22(31)17-6-5-16(12-19(17)26)30-21-7-4-15(25)11-20(21)27/h2-7,10-12,29-30H,8-9H2,1H3,(H,28,32)(H,33,34). The summed E-state index contributed by atoms with van der Waals surface area (Å²) in [5, 5.41) is 16.6. The summed E-state index contributed by atoms with van der Waals surface area (Å²) < 4.78 is 14.1. The van der Waals surface area contributed by atoms with Gasteiger partial charge in [-0.15, -0.1) is 0 Å². The first kappa shape index (κ1) is 25.0. The highest BCUT2D eigenvalue weighted by Gasteiger charge is 2.18. The van der Waals surface area contributed by atoms with Crippen molar-refractivity contribution < 1.29 is 23.9 Å². The summed E-state index contributed by atoms with van der Waals surface area (Å²) >= 11 is 12.1. The molecule has 0 spiro atoms. The average molecular weight is 504 g/mol. The second kappa shape index (κ2) is 11.0. The van der Waals surface area contributed by atoms with Gasteiger partial charge in [-0.25, -0.2) is 9.18 Å². The molecule has 34 heavy (non-hydrogen) atoms. The Bertz CT molecular complexity index is 1270. The largest absolute Gasteiger partial charge is 0.465 e. The smallest absolute Gasteiger partial charge is 0.404 e. The average Bonchev–Trinajstić information content (AvgIpc) is 2.78. The molecule has 0 saturated heterocycles. The number of rotatable bonds is 8. The van der Waals surface area contributed by atoms with Gasteiger partial charge in [-0.3, -0.25) is 9.59 Å². The van der Waals surface area contributed by atoms with Crippen LogP contribution in [0.1, 0.15) is 31.8 Å². The summed E-state index contributed by atoms with van der Waals surface area (Å²) in [6.45, 7) is 1.88. The first-order valence-corrected chi connectivity index (χ1v) is 10.8. The highest BCUT2D eigenvalue weighted by Crippen LogP contribution is 2.28. The molecule has 7 nitrogen and oxygen atoms in total. The quantitative estimate of drug-likeness (QED) is 0.242. The van der Waals surface area contributed by atoms with Gasteiger partial charge in [0.15, 0.2) is 5.78 Å². The van der Waals surface area contributed by atoms with Crippen LogP contribution in [0.5, 0.6) is 0 Å². The summed E-state index contributed by atoms with van der Waals surface area (Å²) in [6.07, 6.45) is -1.19. The van der Waals surface area contributed by atoms with Crippen LogP contribution < -0.4 is 16.0 Å². The summed E-state index contributed by atoms with van der Waals surface area (Å²) in [5.41, 5.74) is 2.08. The number of anilines is 2. The topological polar surface area (TPSA) is 108 Å². The molecule has 0 bridgehead atoms. The molecule has 0 radical (unpaired) electrons. The maximum absolute atomic E-state index is 14.1. The molecule has 0 aliphatic rings. The predicted molar refractivity (Wildman–Crippen MR) is 129 cm³/mol. The SMILES string of the molecule is Cc1ccc(C(=O)NCCNC(=O)O)cc1C(=O)c1ccc(Nc2ccc(Cl)cc2F)cc1Cl. The van der Waals surface area contributed by atoms with E-state index in [9.17, 15) is 18.8 Å². The molecule has 10 heteroatoms. The van der Waals surface area contributed by atoms with Gasteiger partial charge in [-0.05, 0) is 61.0 Å². The maximum atomic E-state index is 14.1. The molecule has 3 aromatic rings. The number of carboxylic acid groups (broad SMARTS) is 1. The van der Waals surface area contributed by atoms with Crippen molar-refractivity contribution in [1.29, 1.82) is 0 Å². The number of carbonyl (C=O) groups excluding carboxylic acids is 2. The molecule has 0 heterocycles. The third-order valence-corrected chi connectivity index (χ3v) is 5.40. The van der Waals surface area contributed by atoms with Crippen molar-refractivity contribution in [2.24, 2.45) is 0 Å². The first-order chi connectivity index (χ1) is 16.2. The van der Waals surface area contributed by atoms with E-state index in [0.717, 1.165) is 0 Å². The minimum atomic E-state index is -1.19. The van der Waals surface area contributed by atoms with Crippen LogP contribution >= 0.6 is 23.2 Å². The minimum Gasteiger partial charge on any atom is -0.465 e. The van der Waals surface area contributed by atoms with E-state index in [1.54, 1.807) is 31.2 Å². The van der Waals surface area contributed by atoms with E-state index < -0.39 is 17.8 Å². The van der Waals surface area contributed by atoms with E-state index in [2.05, 4.69) is 16.0 Å². The molecule has 0 aliphatic carbocycles. The number of ketones is 1. The van der Waals surface area contributed by atoms with E-state index in [4.69, 9.17) is 28.3 Å². The number of amides is 2. The fourth-order valence-electron chi connectivity index (χ4n) is 3.12. The molecule has 3 rings (SSSR count). The van der Waals surface area contributed by atoms with Crippen LogP contribution in [0, 0.1) is 12.7 Å². The lowest BCUT2D eigenvalue weighted by Gasteiger charge is -2.12. The van der Waals surface area contributed by atoms with Crippen molar-refractivity contribution >= 4 is 52.4 Å². The summed E-state index contributed by atoms with van der Waals surface area (Å²) in [7, 11) is 0. The predicted octanol–water partition coefficient (Wildman–Crippen LogP) is 5.41. The lowest BCUT2D eigenvalue weighted by molar-refractivity contribution is 0.0953. The maximum Gasteiger partial charge on any atom is 0.404 e. The Morgan fingerprint density at radius 2 is 1.65 bits per heavy atom. The van der Waals surface area contributed by atoms with Gasteiger partial charge in [-0.2, -0.15) is 0 Å². The highest BCUT2D eigenvalue weighted by molar-refractivity contribution is 6.35. The van der Waals surface area contributed by atoms with Gasteiger partial charge in [0.1, 0.15) is 5.82 Å². The zero-order chi connectivity index (χ0) is 24.8. The molecule has 4 N–H and O–H groups in total. The molecule has 3 aromatic carbocycles. The van der Waals surface area contributed by atoms with Gasteiger partial charge in [0.2, 0.25) is 0 Å². The van der Waals surface area contributed by atoms with Gasteiger partial charge < -0.3 is 21.1 Å². The minimum absolute atomic E-state index is 0.0502. The van der Waals surface area contributed by atoms with Gasteiger partial charge >= 0.3 is 6.09 Å². The van der Waals surface area contributed by atoms with Crippen molar-refractivity contribution in [3.63, 3.8) is 0 Å². The van der Waals surface area contributed by atoms with Crippen LogP contribution in [0.3, 0.4) is 0 Å². The molecule has 0 aromatic heterocycles. The van der Waals surface area contributed by atoms with Crippen molar-refractivity contribution in [2.75, 3.05) is 18.4 Å². The van der Waals surface area contributed by atoms with E-state index in [1.807, 2.05) is 0 Å². The van der Waals surface area contributed by atoms with Crippen LogP contribution in [-0.4, -0.2) is 36.0 Å². The second-order valence-electron chi connectivity index (χ2n) is 7.29. The fraction of sp³-hybridized carbons (Fsp3) is 0.125. The molecule has 176 valence electrons. The van der Waals surface area contributed by atoms with Crippen molar-refractivity contribution in [2.45, 2.75) is 6.92 Å². The molecule has 0 aliphatic heterocycles. The van der Waals surface area contributed by atoms with Crippen LogP contribution in [0.4, 0.5) is 20.6 Å². The number of nitrogens with one attached hydrogen (secondary N) is 3. The Kier molecular flexibility index (Phi) is 8.09. The van der Waals surface area contributed by atoms with Crippen molar-refractivity contribution in [1.82, 2.24) is 10.6 Å². The first-order valence-electron chi connectivity index (χ1n) is 10.1. The number of hydrogen-bond donors (Lipinski definition) is 4.